The van der Waals surface area contributed by atoms with E-state index in [-0.39, 0.29) is 11.6 Å². The zero-order chi connectivity index (χ0) is 32.6. The van der Waals surface area contributed by atoms with Gasteiger partial charge in [-0.1, -0.05) is 95.7 Å². The van der Waals surface area contributed by atoms with Gasteiger partial charge in [0, 0.05) is 21.2 Å². The zero-order valence-corrected chi connectivity index (χ0v) is 27.1. The monoisotopic (exact) mass is 674 g/mol. The first-order valence-electron chi connectivity index (χ1n) is 14.5. The topological polar surface area (TPSA) is 100 Å². The molecule has 3 N–H and O–H groups in total. The molecule has 0 aliphatic rings. The van der Waals surface area contributed by atoms with Gasteiger partial charge in [0.25, 0.3) is 11.8 Å². The van der Waals surface area contributed by atoms with Crippen molar-refractivity contribution in [2.24, 2.45) is 0 Å². The molecule has 7 nitrogen and oxygen atoms in total. The molecule has 3 amide bonds. The summed E-state index contributed by atoms with van der Waals surface area (Å²) in [5.41, 5.74) is 3.38. The number of hydrogen-bond donors (Lipinski definition) is 3. The van der Waals surface area contributed by atoms with Crippen molar-refractivity contribution in [3.63, 3.8) is 0 Å². The average molecular weight is 675 g/mol. The molecule has 0 radical (unpaired) electrons. The molecule has 1 aromatic heterocycles. The number of thiazole rings is 1. The first kappa shape index (κ1) is 31.7. The third-order valence-corrected chi connectivity index (χ3v) is 9.41. The fourth-order valence-electron chi connectivity index (χ4n) is 4.62. The maximum Gasteiger partial charge on any atom is 0.272 e. The van der Waals surface area contributed by atoms with Crippen LogP contribution in [0.25, 0.3) is 16.3 Å². The summed E-state index contributed by atoms with van der Waals surface area (Å²) in [5, 5.41) is 9.15. The van der Waals surface area contributed by atoms with Crippen molar-refractivity contribution in [3.05, 3.63) is 161 Å². The number of carbonyl (C=O) groups is 3. The minimum absolute atomic E-state index is 0.0651. The van der Waals surface area contributed by atoms with Gasteiger partial charge in [-0.3, -0.25) is 14.4 Å². The van der Waals surface area contributed by atoms with Crippen molar-refractivity contribution < 1.29 is 14.4 Å². The minimum atomic E-state index is -0.550. The van der Waals surface area contributed by atoms with Crippen LogP contribution in [0.3, 0.4) is 0 Å². The van der Waals surface area contributed by atoms with E-state index < -0.39 is 17.1 Å². The second kappa shape index (κ2) is 14.9. The van der Waals surface area contributed by atoms with E-state index in [1.165, 1.54) is 23.1 Å². The highest BCUT2D eigenvalue weighted by Crippen LogP contribution is 2.37. The molecule has 0 fully saturated rings. The molecule has 47 heavy (non-hydrogen) atoms. The molecule has 0 bridgehead atoms. The summed E-state index contributed by atoms with van der Waals surface area (Å²) < 4.78 is 0.996. The number of rotatable bonds is 10. The second-order valence-electron chi connectivity index (χ2n) is 10.3. The van der Waals surface area contributed by atoms with Crippen molar-refractivity contribution in [1.29, 1.82) is 0 Å². The number of thioether (sulfide) groups is 1. The summed E-state index contributed by atoms with van der Waals surface area (Å²) in [6, 6.07) is 40.1. The summed E-state index contributed by atoms with van der Waals surface area (Å²) >= 11 is 8.85. The van der Waals surface area contributed by atoms with E-state index >= 15 is 0 Å². The lowest BCUT2D eigenvalue weighted by atomic mass is 10.1. The Bertz CT molecular complexity index is 2020. The normalized spacial score (nSPS) is 11.9. The number of amides is 3. The van der Waals surface area contributed by atoms with Crippen LogP contribution in [-0.4, -0.2) is 22.7 Å². The van der Waals surface area contributed by atoms with Gasteiger partial charge in [-0.2, -0.15) is 0 Å². The summed E-state index contributed by atoms with van der Waals surface area (Å²) in [4.78, 5) is 45.3. The standard InChI is InChI=1S/C37H27ClN4O3S2/c38-27-17-15-24(16-18-27)23-31(40-34(43)26-11-5-2-6-12-26)35(44)39-28-19-21-29(22-20-28)46-33(25-9-3-1-4-10-25)36(45)42-37-41-30-13-7-8-14-32(30)47-37/h1-23,33H,(H,39,44)(H,40,43)(H,41,42,45)/b31-23-. The summed E-state index contributed by atoms with van der Waals surface area (Å²) in [6.45, 7) is 0. The Morgan fingerprint density at radius 1 is 0.745 bits per heavy atom. The van der Waals surface area contributed by atoms with E-state index in [0.29, 0.717) is 27.0 Å². The average Bonchev–Trinajstić information content (AvgIpc) is 3.51. The molecule has 232 valence electrons. The molecule has 6 rings (SSSR count). The number of nitrogens with zero attached hydrogens (tertiary/aromatic N) is 1. The molecule has 1 heterocycles. The number of anilines is 2. The van der Waals surface area contributed by atoms with Crippen molar-refractivity contribution in [2.75, 3.05) is 10.6 Å². The zero-order valence-electron chi connectivity index (χ0n) is 24.7. The number of benzene rings is 5. The highest BCUT2D eigenvalue weighted by Gasteiger charge is 2.23. The van der Waals surface area contributed by atoms with Crippen LogP contribution in [0.1, 0.15) is 26.7 Å². The SMILES string of the molecule is O=C(Nc1ccc(SC(C(=O)Nc2nc3ccccc3s2)c2ccccc2)cc1)/C(=C/c1ccc(Cl)cc1)NC(=O)c1ccccc1. The van der Waals surface area contributed by atoms with Gasteiger partial charge in [0.05, 0.1) is 10.2 Å². The van der Waals surface area contributed by atoms with Crippen LogP contribution >= 0.6 is 34.7 Å². The third kappa shape index (κ3) is 8.33. The maximum atomic E-state index is 13.6. The van der Waals surface area contributed by atoms with Gasteiger partial charge in [-0.15, -0.1) is 11.8 Å². The fourth-order valence-corrected chi connectivity index (χ4v) is 6.64. The molecule has 10 heteroatoms. The predicted molar refractivity (Wildman–Crippen MR) is 192 cm³/mol. The van der Waals surface area contributed by atoms with Crippen LogP contribution in [0.2, 0.25) is 5.02 Å². The van der Waals surface area contributed by atoms with Crippen molar-refractivity contribution in [1.82, 2.24) is 10.3 Å². The predicted octanol–water partition coefficient (Wildman–Crippen LogP) is 8.83. The van der Waals surface area contributed by atoms with Gasteiger partial charge in [0.2, 0.25) is 5.91 Å². The number of fused-ring (bicyclic) bond motifs is 1. The van der Waals surface area contributed by atoms with Gasteiger partial charge in [-0.05, 0) is 77.9 Å². The Kier molecular flexibility index (Phi) is 10.1. The first-order chi connectivity index (χ1) is 22.9. The van der Waals surface area contributed by atoms with Crippen molar-refractivity contribution >= 4 is 79.5 Å². The highest BCUT2D eigenvalue weighted by molar-refractivity contribution is 8.00. The quantitative estimate of drug-likeness (QED) is 0.0996. The lowest BCUT2D eigenvalue weighted by Crippen LogP contribution is -2.30. The Balaban J connectivity index is 1.18. The van der Waals surface area contributed by atoms with Crippen molar-refractivity contribution in [2.45, 2.75) is 10.1 Å². The molecule has 1 atom stereocenters. The Morgan fingerprint density at radius 2 is 1.40 bits per heavy atom. The second-order valence-corrected chi connectivity index (χ2v) is 12.9. The molecule has 6 aromatic rings. The summed E-state index contributed by atoms with van der Waals surface area (Å²) in [6.07, 6.45) is 1.59. The van der Waals surface area contributed by atoms with Crippen LogP contribution < -0.4 is 16.0 Å². The van der Waals surface area contributed by atoms with Crippen LogP contribution in [0.5, 0.6) is 0 Å². The number of hydrogen-bond acceptors (Lipinski definition) is 6. The van der Waals surface area contributed by atoms with E-state index in [0.717, 1.165) is 20.7 Å². The van der Waals surface area contributed by atoms with Crippen LogP contribution in [0, 0.1) is 0 Å². The number of nitrogens with one attached hydrogen (secondary N) is 3. The van der Waals surface area contributed by atoms with E-state index in [4.69, 9.17) is 11.6 Å². The lowest BCUT2D eigenvalue weighted by molar-refractivity contribution is -0.116. The van der Waals surface area contributed by atoms with E-state index in [2.05, 4.69) is 20.9 Å². The van der Waals surface area contributed by atoms with E-state index in [1.807, 2.05) is 72.8 Å². The first-order valence-corrected chi connectivity index (χ1v) is 16.6. The molecule has 0 saturated carbocycles. The fraction of sp³-hybridized carbons (Fsp3) is 0.0270. The summed E-state index contributed by atoms with van der Waals surface area (Å²) in [7, 11) is 0. The van der Waals surface area contributed by atoms with Gasteiger partial charge in [-0.25, -0.2) is 4.98 Å². The lowest BCUT2D eigenvalue weighted by Gasteiger charge is -2.16. The number of halogens is 1. The molecule has 1 unspecified atom stereocenters. The number of carbonyl (C=O) groups excluding carboxylic acids is 3. The van der Waals surface area contributed by atoms with Crippen LogP contribution in [-0.2, 0) is 9.59 Å². The van der Waals surface area contributed by atoms with E-state index in [9.17, 15) is 14.4 Å². The van der Waals surface area contributed by atoms with Crippen LogP contribution in [0.15, 0.2) is 144 Å². The van der Waals surface area contributed by atoms with Gasteiger partial charge < -0.3 is 16.0 Å². The molecular formula is C37H27ClN4O3S2. The van der Waals surface area contributed by atoms with Crippen molar-refractivity contribution in [3.8, 4) is 0 Å². The molecule has 0 aliphatic carbocycles. The van der Waals surface area contributed by atoms with Gasteiger partial charge in [0.15, 0.2) is 5.13 Å². The molecule has 0 saturated heterocycles. The maximum absolute atomic E-state index is 13.6. The minimum Gasteiger partial charge on any atom is -0.321 e. The van der Waals surface area contributed by atoms with E-state index in [1.54, 1.807) is 66.7 Å². The molecule has 0 spiro atoms. The number of para-hydroxylation sites is 1. The van der Waals surface area contributed by atoms with Gasteiger partial charge in [0.1, 0.15) is 10.9 Å². The van der Waals surface area contributed by atoms with Gasteiger partial charge >= 0.3 is 0 Å². The Labute approximate surface area is 284 Å². The molecular weight excluding hydrogens is 648 g/mol. The smallest absolute Gasteiger partial charge is 0.272 e. The van der Waals surface area contributed by atoms with Crippen LogP contribution in [0.4, 0.5) is 10.8 Å². The Morgan fingerprint density at radius 3 is 2.11 bits per heavy atom. The summed E-state index contributed by atoms with van der Waals surface area (Å²) in [5.74, 6) is -1.10. The Hall–Kier alpha value is -5.22. The third-order valence-electron chi connectivity index (χ3n) is 6.94. The number of aromatic nitrogens is 1. The molecule has 5 aromatic carbocycles. The molecule has 0 aliphatic heterocycles. The largest absolute Gasteiger partial charge is 0.321 e. The highest BCUT2D eigenvalue weighted by atomic mass is 35.5.